The number of nitrogens with one attached hydrogen (secondary N) is 3. The van der Waals surface area contributed by atoms with Crippen molar-refractivity contribution in [2.45, 2.75) is 45.6 Å². The zero-order valence-electron chi connectivity index (χ0n) is 14.3. The van der Waals surface area contributed by atoms with Gasteiger partial charge in [0.1, 0.15) is 0 Å². The summed E-state index contributed by atoms with van der Waals surface area (Å²) in [7, 11) is 0. The van der Waals surface area contributed by atoms with Crippen molar-refractivity contribution >= 4 is 23.6 Å². The molecule has 0 aliphatic rings. The highest BCUT2D eigenvalue weighted by Gasteiger charge is 2.21. The van der Waals surface area contributed by atoms with Crippen LogP contribution in [0.25, 0.3) is 0 Å². The number of urea groups is 1. The summed E-state index contributed by atoms with van der Waals surface area (Å²) in [6.45, 7) is 6.07. The number of benzene rings is 1. The monoisotopic (exact) mass is 335 g/mol. The topological polar surface area (TPSA) is 108 Å². The van der Waals surface area contributed by atoms with Gasteiger partial charge >= 0.3 is 12.0 Å². The van der Waals surface area contributed by atoms with E-state index in [4.69, 9.17) is 5.11 Å². The first-order valence-corrected chi connectivity index (χ1v) is 7.93. The van der Waals surface area contributed by atoms with E-state index < -0.39 is 17.5 Å². The lowest BCUT2D eigenvalue weighted by Crippen LogP contribution is -2.45. The third kappa shape index (κ3) is 7.13. The molecule has 0 heterocycles. The number of carboxylic acids is 1. The van der Waals surface area contributed by atoms with E-state index in [1.54, 1.807) is 38.1 Å². The Bertz CT molecular complexity index is 599. The summed E-state index contributed by atoms with van der Waals surface area (Å²) in [6.07, 6.45) is 1.13. The predicted molar refractivity (Wildman–Crippen MR) is 92.2 cm³/mol. The lowest BCUT2D eigenvalue weighted by Gasteiger charge is -2.25. The van der Waals surface area contributed by atoms with Gasteiger partial charge in [0.25, 0.3) is 5.91 Å². The summed E-state index contributed by atoms with van der Waals surface area (Å²) in [5.41, 5.74) is 0.301. The first-order valence-electron chi connectivity index (χ1n) is 7.93. The van der Waals surface area contributed by atoms with E-state index >= 15 is 0 Å². The van der Waals surface area contributed by atoms with Gasteiger partial charge in [-0.25, -0.2) is 4.79 Å². The molecule has 0 aliphatic carbocycles. The van der Waals surface area contributed by atoms with E-state index in [1.807, 2.05) is 6.92 Å². The second-order valence-corrected chi connectivity index (χ2v) is 6.19. The smallest absolute Gasteiger partial charge is 0.319 e. The SMILES string of the molecule is CCCNC(=O)c1cccc(NC(=O)NC(C)(C)CCC(=O)O)c1. The second-order valence-electron chi connectivity index (χ2n) is 6.19. The Morgan fingerprint density at radius 1 is 1.21 bits per heavy atom. The van der Waals surface area contributed by atoms with E-state index in [9.17, 15) is 14.4 Å². The first kappa shape index (κ1) is 19.5. The van der Waals surface area contributed by atoms with Crippen LogP contribution in [0.3, 0.4) is 0 Å². The fourth-order valence-electron chi connectivity index (χ4n) is 2.03. The molecule has 0 fully saturated rings. The van der Waals surface area contributed by atoms with Gasteiger partial charge in [0, 0.05) is 29.8 Å². The molecule has 132 valence electrons. The Morgan fingerprint density at radius 3 is 2.54 bits per heavy atom. The van der Waals surface area contributed by atoms with Gasteiger partial charge in [-0.1, -0.05) is 13.0 Å². The highest BCUT2D eigenvalue weighted by Crippen LogP contribution is 2.14. The quantitative estimate of drug-likeness (QED) is 0.585. The summed E-state index contributed by atoms with van der Waals surface area (Å²) in [5, 5.41) is 16.9. The van der Waals surface area contributed by atoms with E-state index in [-0.39, 0.29) is 12.3 Å². The molecule has 0 spiro atoms. The molecule has 0 bridgehead atoms. The highest BCUT2D eigenvalue weighted by molar-refractivity contribution is 5.96. The molecule has 1 rings (SSSR count). The molecule has 0 aliphatic heterocycles. The van der Waals surface area contributed by atoms with Crippen molar-refractivity contribution in [3.63, 3.8) is 0 Å². The molecule has 24 heavy (non-hydrogen) atoms. The Labute approximate surface area is 141 Å². The van der Waals surface area contributed by atoms with Gasteiger partial charge in [-0.15, -0.1) is 0 Å². The molecule has 0 aromatic heterocycles. The number of hydrogen-bond acceptors (Lipinski definition) is 3. The fraction of sp³-hybridized carbons (Fsp3) is 0.471. The lowest BCUT2D eigenvalue weighted by atomic mass is 9.99. The maximum Gasteiger partial charge on any atom is 0.319 e. The number of amides is 3. The molecule has 0 saturated carbocycles. The highest BCUT2D eigenvalue weighted by atomic mass is 16.4. The molecule has 0 unspecified atom stereocenters. The molecule has 7 heteroatoms. The van der Waals surface area contributed by atoms with Crippen molar-refractivity contribution in [2.75, 3.05) is 11.9 Å². The first-order chi connectivity index (χ1) is 11.2. The van der Waals surface area contributed by atoms with E-state index in [0.29, 0.717) is 24.2 Å². The van der Waals surface area contributed by atoms with Crippen LogP contribution in [0.2, 0.25) is 0 Å². The number of carbonyl (C=O) groups is 3. The Morgan fingerprint density at radius 2 is 1.92 bits per heavy atom. The maximum atomic E-state index is 12.1. The number of anilines is 1. The van der Waals surface area contributed by atoms with Gasteiger partial charge in [0.05, 0.1) is 0 Å². The Balaban J connectivity index is 2.63. The van der Waals surface area contributed by atoms with Crippen LogP contribution in [0.5, 0.6) is 0 Å². The number of carbonyl (C=O) groups excluding carboxylic acids is 2. The summed E-state index contributed by atoms with van der Waals surface area (Å²) < 4.78 is 0. The van der Waals surface area contributed by atoms with Gasteiger partial charge in [0.15, 0.2) is 0 Å². The van der Waals surface area contributed by atoms with E-state index in [2.05, 4.69) is 16.0 Å². The largest absolute Gasteiger partial charge is 0.481 e. The number of rotatable bonds is 8. The van der Waals surface area contributed by atoms with Crippen LogP contribution in [-0.4, -0.2) is 35.1 Å². The summed E-state index contributed by atoms with van der Waals surface area (Å²) in [4.78, 5) is 34.6. The van der Waals surface area contributed by atoms with Crippen LogP contribution in [0.15, 0.2) is 24.3 Å². The van der Waals surface area contributed by atoms with Crippen LogP contribution in [0.1, 0.15) is 50.4 Å². The molecule has 7 nitrogen and oxygen atoms in total. The summed E-state index contributed by atoms with van der Waals surface area (Å²) in [6, 6.07) is 6.18. The summed E-state index contributed by atoms with van der Waals surface area (Å²) >= 11 is 0. The minimum absolute atomic E-state index is 0.0274. The molecular weight excluding hydrogens is 310 g/mol. The zero-order valence-corrected chi connectivity index (χ0v) is 14.3. The number of carboxylic acid groups (broad SMARTS) is 1. The van der Waals surface area contributed by atoms with Gasteiger partial charge in [-0.05, 0) is 44.9 Å². The minimum Gasteiger partial charge on any atom is -0.481 e. The zero-order chi connectivity index (χ0) is 18.2. The number of hydrogen-bond donors (Lipinski definition) is 4. The molecule has 1 aromatic rings. The van der Waals surface area contributed by atoms with Gasteiger partial charge < -0.3 is 21.1 Å². The van der Waals surface area contributed by atoms with Crippen molar-refractivity contribution in [2.24, 2.45) is 0 Å². The molecule has 0 atom stereocenters. The standard InChI is InChI=1S/C17H25N3O4/c1-4-10-18-15(23)12-6-5-7-13(11-12)19-16(24)20-17(2,3)9-8-14(21)22/h5-7,11H,4,8-10H2,1-3H3,(H,18,23)(H,21,22)(H2,19,20,24). The van der Waals surface area contributed by atoms with Crippen LogP contribution >= 0.6 is 0 Å². The average Bonchev–Trinajstić information content (AvgIpc) is 2.50. The Kier molecular flexibility index (Phi) is 7.23. The van der Waals surface area contributed by atoms with Crippen LogP contribution in [-0.2, 0) is 4.79 Å². The normalized spacial score (nSPS) is 10.8. The van der Waals surface area contributed by atoms with E-state index in [1.165, 1.54) is 0 Å². The molecule has 0 saturated heterocycles. The van der Waals surface area contributed by atoms with Gasteiger partial charge in [0.2, 0.25) is 0 Å². The third-order valence-corrected chi connectivity index (χ3v) is 3.33. The fourth-order valence-corrected chi connectivity index (χ4v) is 2.03. The van der Waals surface area contributed by atoms with Crippen molar-refractivity contribution in [3.8, 4) is 0 Å². The van der Waals surface area contributed by atoms with E-state index in [0.717, 1.165) is 6.42 Å². The van der Waals surface area contributed by atoms with Crippen molar-refractivity contribution in [1.82, 2.24) is 10.6 Å². The molecule has 4 N–H and O–H groups in total. The van der Waals surface area contributed by atoms with Crippen molar-refractivity contribution in [3.05, 3.63) is 29.8 Å². The van der Waals surface area contributed by atoms with Gasteiger partial charge in [-0.2, -0.15) is 0 Å². The average molecular weight is 335 g/mol. The summed E-state index contributed by atoms with van der Waals surface area (Å²) in [5.74, 6) is -1.10. The van der Waals surface area contributed by atoms with Crippen LogP contribution in [0, 0.1) is 0 Å². The van der Waals surface area contributed by atoms with Crippen LogP contribution in [0.4, 0.5) is 10.5 Å². The maximum absolute atomic E-state index is 12.1. The van der Waals surface area contributed by atoms with Gasteiger partial charge in [-0.3, -0.25) is 9.59 Å². The molecular formula is C17H25N3O4. The molecule has 0 radical (unpaired) electrons. The predicted octanol–water partition coefficient (Wildman–Crippen LogP) is 2.59. The van der Waals surface area contributed by atoms with Crippen LogP contribution < -0.4 is 16.0 Å². The van der Waals surface area contributed by atoms with Crippen molar-refractivity contribution < 1.29 is 19.5 Å². The number of aliphatic carboxylic acids is 1. The van der Waals surface area contributed by atoms with Crippen molar-refractivity contribution in [1.29, 1.82) is 0 Å². The minimum atomic E-state index is -0.906. The molecule has 3 amide bonds. The lowest BCUT2D eigenvalue weighted by molar-refractivity contribution is -0.137. The Hall–Kier alpha value is -2.57. The second kappa shape index (κ2) is 8.90. The third-order valence-electron chi connectivity index (χ3n) is 3.33. The molecule has 1 aromatic carbocycles.